The van der Waals surface area contributed by atoms with Crippen molar-refractivity contribution in [3.63, 3.8) is 0 Å². The van der Waals surface area contributed by atoms with Crippen LogP contribution < -0.4 is 5.48 Å². The van der Waals surface area contributed by atoms with E-state index < -0.39 is 11.7 Å². The molecule has 0 atom stereocenters. The molecule has 0 radical (unpaired) electrons. The summed E-state index contributed by atoms with van der Waals surface area (Å²) in [7, 11) is 0. The van der Waals surface area contributed by atoms with Crippen molar-refractivity contribution in [3.05, 3.63) is 64.9 Å². The van der Waals surface area contributed by atoms with Gasteiger partial charge in [0.25, 0.3) is 5.91 Å². The summed E-state index contributed by atoms with van der Waals surface area (Å²) in [4.78, 5) is 18.3. The third-order valence-electron chi connectivity index (χ3n) is 4.51. The first-order chi connectivity index (χ1) is 12.6. The van der Waals surface area contributed by atoms with Crippen molar-refractivity contribution in [2.45, 2.75) is 18.8 Å². The molecule has 1 aliphatic heterocycles. The summed E-state index contributed by atoms with van der Waals surface area (Å²) in [5.41, 5.74) is 3.40. The van der Waals surface area contributed by atoms with E-state index in [-0.39, 0.29) is 16.5 Å². The standard InChI is InChI=1S/C19H19ClFN3O2/c20-16-12-15(6-7-17(16)21)22-18(23-26)19(25)24-10-8-14(9-11-24)13-4-2-1-3-5-13/h1-7,12,14,26H,8-11H2,(H,22,23). The number of aliphatic imine (C=N–C) groups is 1. The summed E-state index contributed by atoms with van der Waals surface area (Å²) in [5, 5.41) is 9.21. The van der Waals surface area contributed by atoms with E-state index in [1.54, 1.807) is 4.90 Å². The molecule has 136 valence electrons. The number of nitrogens with one attached hydrogen (secondary N) is 1. The molecule has 1 aliphatic rings. The normalized spacial score (nSPS) is 15.8. The third kappa shape index (κ3) is 4.20. The van der Waals surface area contributed by atoms with Crippen LogP contribution in [0.4, 0.5) is 10.1 Å². The number of hydrogen-bond donors (Lipinski definition) is 2. The summed E-state index contributed by atoms with van der Waals surface area (Å²) in [6.45, 7) is 1.15. The topological polar surface area (TPSA) is 64.9 Å². The van der Waals surface area contributed by atoms with Gasteiger partial charge in [-0.15, -0.1) is 0 Å². The van der Waals surface area contributed by atoms with E-state index in [4.69, 9.17) is 11.6 Å². The van der Waals surface area contributed by atoms with Crippen LogP contribution in [0.25, 0.3) is 0 Å². The van der Waals surface area contributed by atoms with E-state index in [2.05, 4.69) is 17.1 Å². The van der Waals surface area contributed by atoms with Crippen LogP contribution in [0.5, 0.6) is 0 Å². The molecular weight excluding hydrogens is 357 g/mol. The van der Waals surface area contributed by atoms with Gasteiger partial charge < -0.3 is 4.90 Å². The maximum Gasteiger partial charge on any atom is 0.291 e. The van der Waals surface area contributed by atoms with Gasteiger partial charge in [-0.2, -0.15) is 0 Å². The Morgan fingerprint density at radius 3 is 2.50 bits per heavy atom. The van der Waals surface area contributed by atoms with Gasteiger partial charge in [0.15, 0.2) is 0 Å². The van der Waals surface area contributed by atoms with Crippen LogP contribution in [-0.4, -0.2) is 34.9 Å². The van der Waals surface area contributed by atoms with Gasteiger partial charge in [0.2, 0.25) is 5.84 Å². The van der Waals surface area contributed by atoms with Crippen LogP contribution in [0.15, 0.2) is 53.5 Å². The minimum absolute atomic E-state index is 0.0975. The zero-order chi connectivity index (χ0) is 18.5. The molecule has 5 nitrogen and oxygen atoms in total. The number of amidine groups is 1. The average Bonchev–Trinajstić information content (AvgIpc) is 2.69. The monoisotopic (exact) mass is 375 g/mol. The molecular formula is C19H19ClFN3O2. The predicted molar refractivity (Wildman–Crippen MR) is 98.4 cm³/mol. The van der Waals surface area contributed by atoms with Crippen molar-refractivity contribution >= 4 is 29.0 Å². The largest absolute Gasteiger partial charge is 0.336 e. The maximum atomic E-state index is 13.2. The molecule has 1 fully saturated rings. The third-order valence-corrected chi connectivity index (χ3v) is 4.80. The molecule has 2 N–H and O–H groups in total. The minimum Gasteiger partial charge on any atom is -0.336 e. The number of piperidine rings is 1. The number of amides is 1. The van der Waals surface area contributed by atoms with Crippen LogP contribution in [0.3, 0.4) is 0 Å². The Morgan fingerprint density at radius 2 is 1.88 bits per heavy atom. The van der Waals surface area contributed by atoms with Gasteiger partial charge in [-0.3, -0.25) is 10.0 Å². The van der Waals surface area contributed by atoms with E-state index in [1.807, 2.05) is 23.7 Å². The predicted octanol–water partition coefficient (Wildman–Crippen LogP) is 3.89. The number of nitrogens with zero attached hydrogens (tertiary/aromatic N) is 2. The van der Waals surface area contributed by atoms with Gasteiger partial charge in [-0.25, -0.2) is 14.9 Å². The summed E-state index contributed by atoms with van der Waals surface area (Å²) in [6.07, 6.45) is 1.69. The van der Waals surface area contributed by atoms with Crippen LogP contribution in [-0.2, 0) is 4.79 Å². The average molecular weight is 376 g/mol. The Hall–Kier alpha value is -2.44. The second-order valence-electron chi connectivity index (χ2n) is 6.15. The molecule has 0 spiro atoms. The molecule has 2 aromatic carbocycles. The smallest absolute Gasteiger partial charge is 0.291 e. The highest BCUT2D eigenvalue weighted by molar-refractivity contribution is 6.38. The van der Waals surface area contributed by atoms with E-state index in [0.717, 1.165) is 18.9 Å². The van der Waals surface area contributed by atoms with Gasteiger partial charge in [0, 0.05) is 13.1 Å². The fourth-order valence-electron chi connectivity index (χ4n) is 3.10. The number of hydrogen-bond acceptors (Lipinski definition) is 3. The SMILES string of the molecule is O=C(C(=Nc1ccc(F)c(Cl)c1)NO)N1CCC(c2ccccc2)CC1. The highest BCUT2D eigenvalue weighted by Gasteiger charge is 2.26. The molecule has 3 rings (SSSR count). The molecule has 2 aromatic rings. The first-order valence-corrected chi connectivity index (χ1v) is 8.74. The quantitative estimate of drug-likeness (QED) is 0.475. The van der Waals surface area contributed by atoms with Crippen molar-refractivity contribution in [2.24, 2.45) is 4.99 Å². The molecule has 1 saturated heterocycles. The zero-order valence-electron chi connectivity index (χ0n) is 14.0. The number of halogens is 2. The Morgan fingerprint density at radius 1 is 1.19 bits per heavy atom. The van der Waals surface area contributed by atoms with E-state index in [1.165, 1.54) is 17.7 Å². The molecule has 1 amide bonds. The van der Waals surface area contributed by atoms with E-state index in [0.29, 0.717) is 19.0 Å². The highest BCUT2D eigenvalue weighted by atomic mass is 35.5. The lowest BCUT2D eigenvalue weighted by atomic mass is 9.89. The van der Waals surface area contributed by atoms with Crippen molar-refractivity contribution in [2.75, 3.05) is 13.1 Å². The van der Waals surface area contributed by atoms with Crippen molar-refractivity contribution in [3.8, 4) is 0 Å². The molecule has 0 aliphatic carbocycles. The van der Waals surface area contributed by atoms with Crippen molar-refractivity contribution in [1.82, 2.24) is 10.4 Å². The summed E-state index contributed by atoms with van der Waals surface area (Å²) in [5.74, 6) is -0.776. The number of carbonyl (C=O) groups excluding carboxylic acids is 1. The van der Waals surface area contributed by atoms with Gasteiger partial charge in [-0.05, 0) is 42.5 Å². The van der Waals surface area contributed by atoms with Gasteiger partial charge >= 0.3 is 0 Å². The minimum atomic E-state index is -0.571. The number of rotatable bonds is 2. The summed E-state index contributed by atoms with van der Waals surface area (Å²) in [6, 6.07) is 14.1. The van der Waals surface area contributed by atoms with Crippen LogP contribution in [0.2, 0.25) is 5.02 Å². The Kier molecular flexibility index (Phi) is 5.85. The Bertz CT molecular complexity index is 806. The van der Waals surface area contributed by atoms with Gasteiger partial charge in [0.1, 0.15) is 5.82 Å². The second kappa shape index (κ2) is 8.29. The number of likely N-dealkylation sites (tertiary alicyclic amines) is 1. The van der Waals surface area contributed by atoms with E-state index in [9.17, 15) is 14.4 Å². The Balaban J connectivity index is 1.68. The number of benzene rings is 2. The zero-order valence-corrected chi connectivity index (χ0v) is 14.8. The van der Waals surface area contributed by atoms with Crippen molar-refractivity contribution < 1.29 is 14.4 Å². The van der Waals surface area contributed by atoms with Crippen molar-refractivity contribution in [1.29, 1.82) is 0 Å². The molecule has 26 heavy (non-hydrogen) atoms. The fraction of sp³-hybridized carbons (Fsp3) is 0.263. The van der Waals surface area contributed by atoms with Crippen LogP contribution in [0.1, 0.15) is 24.3 Å². The van der Waals surface area contributed by atoms with Crippen LogP contribution >= 0.6 is 11.6 Å². The molecule has 0 aromatic heterocycles. The van der Waals surface area contributed by atoms with Gasteiger partial charge in [-0.1, -0.05) is 41.9 Å². The van der Waals surface area contributed by atoms with Gasteiger partial charge in [0.05, 0.1) is 10.7 Å². The highest BCUT2D eigenvalue weighted by Crippen LogP contribution is 2.28. The first-order valence-electron chi connectivity index (χ1n) is 8.36. The van der Waals surface area contributed by atoms with Crippen LogP contribution in [0, 0.1) is 5.82 Å². The second-order valence-corrected chi connectivity index (χ2v) is 6.55. The fourth-order valence-corrected chi connectivity index (χ4v) is 3.27. The molecule has 7 heteroatoms. The van der Waals surface area contributed by atoms with E-state index >= 15 is 0 Å². The lowest BCUT2D eigenvalue weighted by Gasteiger charge is -2.32. The lowest BCUT2D eigenvalue weighted by Crippen LogP contribution is -2.45. The first kappa shape index (κ1) is 18.4. The molecule has 1 heterocycles. The number of hydroxylamine groups is 1. The summed E-state index contributed by atoms with van der Waals surface area (Å²) >= 11 is 5.72. The lowest BCUT2D eigenvalue weighted by molar-refractivity contribution is -0.125. The maximum absolute atomic E-state index is 13.2. The molecule has 0 saturated carbocycles. The molecule has 0 unspecified atom stereocenters. The number of carbonyl (C=O) groups is 1. The summed E-state index contributed by atoms with van der Waals surface area (Å²) < 4.78 is 13.2. The molecule has 0 bridgehead atoms. The Labute approximate surface area is 156 Å².